The van der Waals surface area contributed by atoms with Crippen LogP contribution < -0.4 is 5.73 Å². The lowest BCUT2D eigenvalue weighted by Gasteiger charge is -2.07. The first kappa shape index (κ1) is 10.4. The highest BCUT2D eigenvalue weighted by Crippen LogP contribution is 2.22. The molecule has 0 aromatic heterocycles. The predicted molar refractivity (Wildman–Crippen MR) is 48.7 cm³/mol. The Morgan fingerprint density at radius 1 is 1.46 bits per heavy atom. The fourth-order valence-electron chi connectivity index (χ4n) is 1.07. The maximum Gasteiger partial charge on any atom is 0.148 e. The second-order valence-electron chi connectivity index (χ2n) is 3.02. The van der Waals surface area contributed by atoms with Gasteiger partial charge in [-0.2, -0.15) is 0 Å². The maximum atomic E-state index is 13.2. The Morgan fingerprint density at radius 3 is 2.62 bits per heavy atom. The molecule has 1 atom stereocenters. The molecule has 0 amide bonds. The van der Waals surface area contributed by atoms with E-state index in [2.05, 4.69) is 0 Å². The van der Waals surface area contributed by atoms with Crippen LogP contribution in [0.1, 0.15) is 12.5 Å². The quantitative estimate of drug-likeness (QED) is 0.738. The van der Waals surface area contributed by atoms with Gasteiger partial charge in [-0.1, -0.05) is 17.7 Å². The van der Waals surface area contributed by atoms with E-state index in [-0.39, 0.29) is 6.04 Å². The van der Waals surface area contributed by atoms with Crippen molar-refractivity contribution in [3.63, 3.8) is 0 Å². The van der Waals surface area contributed by atoms with Crippen LogP contribution in [0.15, 0.2) is 12.1 Å². The summed E-state index contributed by atoms with van der Waals surface area (Å²) >= 11 is 5.38. The van der Waals surface area contributed by atoms with E-state index in [1.807, 2.05) is 0 Å². The van der Waals surface area contributed by atoms with Gasteiger partial charge < -0.3 is 5.73 Å². The Labute approximate surface area is 80.5 Å². The average Bonchev–Trinajstić information content (AvgIpc) is 2.06. The van der Waals surface area contributed by atoms with Gasteiger partial charge >= 0.3 is 0 Å². The second kappa shape index (κ2) is 4.03. The zero-order valence-corrected chi connectivity index (χ0v) is 7.91. The molecular weight excluding hydrogens is 196 g/mol. The first-order chi connectivity index (χ1) is 6.02. The van der Waals surface area contributed by atoms with Gasteiger partial charge in [0.2, 0.25) is 0 Å². The number of rotatable bonds is 2. The first-order valence-corrected chi connectivity index (χ1v) is 4.28. The van der Waals surface area contributed by atoms with Crippen molar-refractivity contribution < 1.29 is 8.78 Å². The Morgan fingerprint density at radius 2 is 2.08 bits per heavy atom. The Bertz CT molecular complexity index is 313. The van der Waals surface area contributed by atoms with E-state index < -0.39 is 16.7 Å². The van der Waals surface area contributed by atoms with Crippen LogP contribution in [0.2, 0.25) is 5.02 Å². The smallest absolute Gasteiger partial charge is 0.148 e. The van der Waals surface area contributed by atoms with Crippen molar-refractivity contribution in [2.24, 2.45) is 5.73 Å². The predicted octanol–water partition coefficient (Wildman–Crippen LogP) is 2.51. The molecule has 0 bridgehead atoms. The Hall–Kier alpha value is -0.670. The molecular formula is C9H10ClF2N. The van der Waals surface area contributed by atoms with E-state index in [9.17, 15) is 8.78 Å². The molecule has 72 valence electrons. The van der Waals surface area contributed by atoms with E-state index >= 15 is 0 Å². The number of benzene rings is 1. The molecule has 4 heteroatoms. The third-order valence-corrected chi connectivity index (χ3v) is 2.00. The molecule has 0 fully saturated rings. The van der Waals surface area contributed by atoms with Crippen LogP contribution in [0, 0.1) is 11.6 Å². The van der Waals surface area contributed by atoms with Crippen molar-refractivity contribution in [2.45, 2.75) is 19.4 Å². The molecule has 0 aliphatic heterocycles. The molecule has 0 radical (unpaired) electrons. The first-order valence-electron chi connectivity index (χ1n) is 3.90. The van der Waals surface area contributed by atoms with Gasteiger partial charge in [0.25, 0.3) is 0 Å². The van der Waals surface area contributed by atoms with Crippen molar-refractivity contribution in [3.8, 4) is 0 Å². The summed E-state index contributed by atoms with van der Waals surface area (Å²) in [5.41, 5.74) is 5.83. The van der Waals surface area contributed by atoms with Crippen molar-refractivity contribution in [1.29, 1.82) is 0 Å². The summed E-state index contributed by atoms with van der Waals surface area (Å²) in [5, 5.41) is -0.460. The van der Waals surface area contributed by atoms with Crippen molar-refractivity contribution in [2.75, 3.05) is 0 Å². The lowest BCUT2D eigenvalue weighted by molar-refractivity contribution is 0.565. The van der Waals surface area contributed by atoms with Gasteiger partial charge in [-0.3, -0.25) is 0 Å². The summed E-state index contributed by atoms with van der Waals surface area (Å²) in [6.07, 6.45) is 0.353. The minimum atomic E-state index is -0.743. The highest BCUT2D eigenvalue weighted by molar-refractivity contribution is 6.30. The van der Waals surface area contributed by atoms with Crippen LogP contribution in [0.5, 0.6) is 0 Å². The van der Waals surface area contributed by atoms with E-state index in [0.29, 0.717) is 12.0 Å². The van der Waals surface area contributed by atoms with Crippen molar-refractivity contribution in [1.82, 2.24) is 0 Å². The molecule has 0 aliphatic carbocycles. The zero-order chi connectivity index (χ0) is 10.0. The fraction of sp³-hybridized carbons (Fsp3) is 0.333. The molecule has 1 aromatic carbocycles. The summed E-state index contributed by atoms with van der Waals surface area (Å²) in [7, 11) is 0. The molecule has 1 aromatic rings. The Kier molecular flexibility index (Phi) is 3.22. The van der Waals surface area contributed by atoms with Crippen LogP contribution in [0.3, 0.4) is 0 Å². The summed E-state index contributed by atoms with van der Waals surface area (Å²) < 4.78 is 25.9. The summed E-state index contributed by atoms with van der Waals surface area (Å²) in [5.74, 6) is -1.45. The molecule has 0 aliphatic rings. The summed E-state index contributed by atoms with van der Waals surface area (Å²) in [4.78, 5) is 0. The van der Waals surface area contributed by atoms with Gasteiger partial charge in [-0.25, -0.2) is 8.78 Å². The number of hydrogen-bond donors (Lipinski definition) is 1. The maximum absolute atomic E-state index is 13.2. The summed E-state index contributed by atoms with van der Waals surface area (Å²) in [6, 6.07) is 2.33. The van der Waals surface area contributed by atoms with Crippen molar-refractivity contribution in [3.05, 3.63) is 34.4 Å². The van der Waals surface area contributed by atoms with E-state index in [1.54, 1.807) is 6.92 Å². The van der Waals surface area contributed by atoms with Gasteiger partial charge in [0, 0.05) is 6.04 Å². The minimum Gasteiger partial charge on any atom is -0.328 e. The molecule has 1 nitrogen and oxygen atoms in total. The Balaban J connectivity index is 3.04. The van der Waals surface area contributed by atoms with Crippen LogP contribution in [-0.4, -0.2) is 6.04 Å². The largest absolute Gasteiger partial charge is 0.328 e. The lowest BCUT2D eigenvalue weighted by Crippen LogP contribution is -2.18. The van der Waals surface area contributed by atoms with Crippen LogP contribution in [0.4, 0.5) is 8.78 Å². The molecule has 1 unspecified atom stereocenters. The third-order valence-electron chi connectivity index (χ3n) is 1.66. The third kappa shape index (κ3) is 2.39. The molecule has 13 heavy (non-hydrogen) atoms. The highest BCUT2D eigenvalue weighted by atomic mass is 35.5. The number of hydrogen-bond acceptors (Lipinski definition) is 1. The molecule has 0 saturated carbocycles. The minimum absolute atomic E-state index is 0.170. The average molecular weight is 206 g/mol. The van der Waals surface area contributed by atoms with Gasteiger partial charge in [0.1, 0.15) is 16.7 Å². The van der Waals surface area contributed by atoms with Crippen LogP contribution >= 0.6 is 11.6 Å². The van der Waals surface area contributed by atoms with E-state index in [1.165, 1.54) is 6.07 Å². The zero-order valence-electron chi connectivity index (χ0n) is 7.15. The van der Waals surface area contributed by atoms with Gasteiger partial charge in [0.15, 0.2) is 0 Å². The van der Waals surface area contributed by atoms with Crippen LogP contribution in [-0.2, 0) is 6.42 Å². The van der Waals surface area contributed by atoms with Crippen LogP contribution in [0.25, 0.3) is 0 Å². The normalized spacial score (nSPS) is 13.0. The SMILES string of the molecule is CC(N)Cc1ccc(F)c(Cl)c1F. The number of nitrogens with two attached hydrogens (primary N) is 1. The second-order valence-corrected chi connectivity index (χ2v) is 3.39. The van der Waals surface area contributed by atoms with Gasteiger partial charge in [-0.05, 0) is 25.0 Å². The monoisotopic (exact) mass is 205 g/mol. The lowest BCUT2D eigenvalue weighted by atomic mass is 10.1. The summed E-state index contributed by atoms with van der Waals surface area (Å²) in [6.45, 7) is 1.75. The fourth-order valence-corrected chi connectivity index (χ4v) is 1.25. The highest BCUT2D eigenvalue weighted by Gasteiger charge is 2.12. The standard InChI is InChI=1S/C9H10ClF2N/c1-5(13)4-6-2-3-7(11)8(10)9(6)12/h2-3,5H,4,13H2,1H3. The molecule has 0 heterocycles. The van der Waals surface area contributed by atoms with Crippen molar-refractivity contribution >= 4 is 11.6 Å². The number of halogens is 3. The van der Waals surface area contributed by atoms with Gasteiger partial charge in [-0.15, -0.1) is 0 Å². The molecule has 0 spiro atoms. The molecule has 2 N–H and O–H groups in total. The molecule has 1 rings (SSSR count). The molecule has 0 saturated heterocycles. The van der Waals surface area contributed by atoms with Gasteiger partial charge in [0.05, 0.1) is 0 Å². The topological polar surface area (TPSA) is 26.0 Å². The van der Waals surface area contributed by atoms with E-state index in [0.717, 1.165) is 6.07 Å². The van der Waals surface area contributed by atoms with E-state index in [4.69, 9.17) is 17.3 Å².